The Morgan fingerprint density at radius 1 is 1.00 bits per heavy atom. The minimum atomic E-state index is 0.397. The van der Waals surface area contributed by atoms with Crippen molar-refractivity contribution in [1.82, 2.24) is 4.90 Å². The highest BCUT2D eigenvalue weighted by Crippen LogP contribution is 2.36. The van der Waals surface area contributed by atoms with Crippen LogP contribution in [0.5, 0.6) is 0 Å². The highest BCUT2D eigenvalue weighted by atomic mass is 15.2. The van der Waals surface area contributed by atoms with Crippen LogP contribution in [0.1, 0.15) is 52.9 Å². The molecule has 1 saturated carbocycles. The van der Waals surface area contributed by atoms with E-state index in [-0.39, 0.29) is 0 Å². The fourth-order valence-corrected chi connectivity index (χ4v) is 3.10. The highest BCUT2D eigenvalue weighted by molar-refractivity contribution is 4.91. The van der Waals surface area contributed by atoms with E-state index >= 15 is 0 Å². The predicted molar refractivity (Wildman–Crippen MR) is 56.8 cm³/mol. The van der Waals surface area contributed by atoms with E-state index < -0.39 is 0 Å². The van der Waals surface area contributed by atoms with Crippen LogP contribution in [0.3, 0.4) is 0 Å². The molecule has 1 aliphatic carbocycles. The van der Waals surface area contributed by atoms with Crippen LogP contribution in [-0.2, 0) is 0 Å². The quantitative estimate of drug-likeness (QED) is 0.555. The third kappa shape index (κ3) is 1.90. The van der Waals surface area contributed by atoms with Gasteiger partial charge in [0, 0.05) is 18.1 Å². The van der Waals surface area contributed by atoms with Gasteiger partial charge in [-0.25, -0.2) is 0 Å². The lowest BCUT2D eigenvalue weighted by Gasteiger charge is -2.45. The Balaban J connectivity index is 2.12. The molecule has 3 aliphatic rings. The van der Waals surface area contributed by atoms with Gasteiger partial charge in [0.25, 0.3) is 0 Å². The summed E-state index contributed by atoms with van der Waals surface area (Å²) in [7, 11) is 0. The Labute approximate surface area is 82.5 Å². The van der Waals surface area contributed by atoms with Gasteiger partial charge in [-0.3, -0.25) is 4.90 Å². The summed E-state index contributed by atoms with van der Waals surface area (Å²) in [5.41, 5.74) is 0.397. The normalized spacial score (nSPS) is 36.2. The number of hydrogen-bond acceptors (Lipinski definition) is 1. The molecule has 2 bridgehead atoms. The molecule has 1 nitrogen and oxygen atoms in total. The van der Waals surface area contributed by atoms with Crippen LogP contribution in [0.4, 0.5) is 0 Å². The van der Waals surface area contributed by atoms with Crippen LogP contribution in [0, 0.1) is 5.92 Å². The number of hydrogen-bond donors (Lipinski definition) is 0. The van der Waals surface area contributed by atoms with Gasteiger partial charge in [0.15, 0.2) is 0 Å². The van der Waals surface area contributed by atoms with Gasteiger partial charge in [-0.2, -0.15) is 0 Å². The van der Waals surface area contributed by atoms with Crippen LogP contribution >= 0.6 is 0 Å². The van der Waals surface area contributed by atoms with Gasteiger partial charge >= 0.3 is 0 Å². The molecule has 0 N–H and O–H groups in total. The molecule has 13 heavy (non-hydrogen) atoms. The minimum absolute atomic E-state index is 0.397. The van der Waals surface area contributed by atoms with Crippen molar-refractivity contribution in [2.45, 2.75) is 64.5 Å². The van der Waals surface area contributed by atoms with Gasteiger partial charge in [-0.15, -0.1) is 0 Å². The van der Waals surface area contributed by atoms with E-state index in [1.807, 2.05) is 0 Å². The highest BCUT2D eigenvalue weighted by Gasteiger charge is 2.36. The van der Waals surface area contributed by atoms with E-state index in [1.165, 1.54) is 38.6 Å². The van der Waals surface area contributed by atoms with Crippen LogP contribution < -0.4 is 0 Å². The van der Waals surface area contributed by atoms with E-state index in [2.05, 4.69) is 25.7 Å². The lowest BCUT2D eigenvalue weighted by atomic mass is 9.90. The standard InChI is InChI=1S/C12H23N/c1-12(2,3)13-9-10-5-4-6-11(13)8-7-10/h10-11H,4-9H2,1-3H3/t10?,11-/m0/s1. The van der Waals surface area contributed by atoms with Gasteiger partial charge in [0.1, 0.15) is 0 Å². The average Bonchev–Trinajstić information content (AvgIpc) is 2.35. The Bertz CT molecular complexity index is 176. The zero-order chi connectivity index (χ0) is 9.47. The molecule has 0 amide bonds. The molecular weight excluding hydrogens is 158 g/mol. The molecule has 0 aromatic rings. The van der Waals surface area contributed by atoms with Crippen molar-refractivity contribution in [3.05, 3.63) is 0 Å². The fourth-order valence-electron chi connectivity index (χ4n) is 3.10. The maximum absolute atomic E-state index is 2.76. The zero-order valence-corrected chi connectivity index (χ0v) is 9.34. The zero-order valence-electron chi connectivity index (χ0n) is 9.34. The van der Waals surface area contributed by atoms with Crippen molar-refractivity contribution >= 4 is 0 Å². The summed E-state index contributed by atoms with van der Waals surface area (Å²) in [6, 6.07) is 0.902. The number of nitrogens with zero attached hydrogens (tertiary/aromatic N) is 1. The van der Waals surface area contributed by atoms with Crippen molar-refractivity contribution in [3.8, 4) is 0 Å². The minimum Gasteiger partial charge on any atom is -0.295 e. The number of piperidine rings is 1. The van der Waals surface area contributed by atoms with Crippen molar-refractivity contribution in [2.24, 2.45) is 5.92 Å². The first kappa shape index (κ1) is 9.51. The SMILES string of the molecule is CC(C)(C)N1CC2CCC[C@H]1CC2. The summed E-state index contributed by atoms with van der Waals surface area (Å²) in [5, 5.41) is 0. The third-order valence-electron chi connectivity index (χ3n) is 3.82. The first-order valence-corrected chi connectivity index (χ1v) is 5.84. The second-order valence-electron chi connectivity index (χ2n) is 5.85. The Kier molecular flexibility index (Phi) is 2.39. The monoisotopic (exact) mass is 181 g/mol. The summed E-state index contributed by atoms with van der Waals surface area (Å²) in [5.74, 6) is 1.01. The molecule has 2 aliphatic heterocycles. The molecule has 1 heteroatoms. The van der Waals surface area contributed by atoms with E-state index in [0.29, 0.717) is 5.54 Å². The van der Waals surface area contributed by atoms with Crippen LogP contribution in [0.15, 0.2) is 0 Å². The summed E-state index contributed by atoms with van der Waals surface area (Å²) in [6.45, 7) is 8.48. The number of fused-ring (bicyclic) bond motifs is 4. The fraction of sp³-hybridized carbons (Fsp3) is 1.00. The van der Waals surface area contributed by atoms with Crippen molar-refractivity contribution in [1.29, 1.82) is 0 Å². The average molecular weight is 181 g/mol. The molecule has 2 atom stereocenters. The summed E-state index contributed by atoms with van der Waals surface area (Å²) in [4.78, 5) is 2.76. The van der Waals surface area contributed by atoms with Gasteiger partial charge in [0.05, 0.1) is 0 Å². The van der Waals surface area contributed by atoms with E-state index in [1.54, 1.807) is 0 Å². The summed E-state index contributed by atoms with van der Waals surface area (Å²) < 4.78 is 0. The molecule has 0 aromatic heterocycles. The second kappa shape index (κ2) is 3.27. The van der Waals surface area contributed by atoms with Gasteiger partial charge in [-0.1, -0.05) is 6.42 Å². The van der Waals surface area contributed by atoms with Crippen molar-refractivity contribution in [3.63, 3.8) is 0 Å². The maximum atomic E-state index is 2.76. The van der Waals surface area contributed by atoms with Gasteiger partial charge in [0.2, 0.25) is 0 Å². The van der Waals surface area contributed by atoms with Crippen LogP contribution in [-0.4, -0.2) is 23.0 Å². The topological polar surface area (TPSA) is 3.24 Å². The number of rotatable bonds is 0. The molecule has 3 fully saturated rings. The summed E-state index contributed by atoms with van der Waals surface area (Å²) in [6.07, 6.45) is 7.37. The first-order chi connectivity index (χ1) is 6.07. The van der Waals surface area contributed by atoms with Gasteiger partial charge in [-0.05, 0) is 52.4 Å². The van der Waals surface area contributed by atoms with Crippen molar-refractivity contribution < 1.29 is 0 Å². The van der Waals surface area contributed by atoms with Crippen LogP contribution in [0.2, 0.25) is 0 Å². The Morgan fingerprint density at radius 3 is 2.46 bits per heavy atom. The molecular formula is C12H23N. The van der Waals surface area contributed by atoms with Crippen LogP contribution in [0.25, 0.3) is 0 Å². The predicted octanol–water partition coefficient (Wildman–Crippen LogP) is 3.05. The maximum Gasteiger partial charge on any atom is 0.0128 e. The van der Waals surface area contributed by atoms with E-state index in [0.717, 1.165) is 12.0 Å². The largest absolute Gasteiger partial charge is 0.295 e. The summed E-state index contributed by atoms with van der Waals surface area (Å²) >= 11 is 0. The van der Waals surface area contributed by atoms with E-state index in [4.69, 9.17) is 0 Å². The second-order valence-corrected chi connectivity index (χ2v) is 5.85. The molecule has 1 unspecified atom stereocenters. The smallest absolute Gasteiger partial charge is 0.0128 e. The van der Waals surface area contributed by atoms with E-state index in [9.17, 15) is 0 Å². The lowest BCUT2D eigenvalue weighted by molar-refractivity contribution is 0.0366. The third-order valence-corrected chi connectivity index (χ3v) is 3.82. The molecule has 2 saturated heterocycles. The Morgan fingerprint density at radius 2 is 1.77 bits per heavy atom. The lowest BCUT2D eigenvalue weighted by Crippen LogP contribution is -2.51. The van der Waals surface area contributed by atoms with Gasteiger partial charge < -0.3 is 0 Å². The molecule has 76 valence electrons. The first-order valence-electron chi connectivity index (χ1n) is 5.84. The molecule has 2 heterocycles. The molecule has 3 rings (SSSR count). The molecule has 0 radical (unpaired) electrons. The Hall–Kier alpha value is -0.0400. The molecule has 0 aromatic carbocycles. The molecule has 0 spiro atoms. The van der Waals surface area contributed by atoms with Crippen molar-refractivity contribution in [2.75, 3.05) is 6.54 Å².